The summed E-state index contributed by atoms with van der Waals surface area (Å²) in [7, 11) is -2.01. The molecule has 0 spiro atoms. The van der Waals surface area contributed by atoms with Gasteiger partial charge in [-0.3, -0.25) is 15.2 Å². The van der Waals surface area contributed by atoms with Gasteiger partial charge in [0.1, 0.15) is 9.96 Å². The summed E-state index contributed by atoms with van der Waals surface area (Å²) in [5.74, 6) is 0.467. The summed E-state index contributed by atoms with van der Waals surface area (Å²) in [6, 6.07) is 10.6. The molecule has 158 valence electrons. The van der Waals surface area contributed by atoms with Crippen LogP contribution >= 0.6 is 11.3 Å². The molecule has 2 N–H and O–H groups in total. The lowest BCUT2D eigenvalue weighted by Crippen LogP contribution is -2.43. The van der Waals surface area contributed by atoms with Gasteiger partial charge in [0, 0.05) is 13.1 Å². The lowest BCUT2D eigenvalue weighted by atomic mass is 9.99. The SMILES string of the molecule is COc1ccccc1-c1nc(NC(=O)C2CCCN(S(=O)(=O)c3cccs3)C2)n[nH]1. The fourth-order valence-corrected chi connectivity index (χ4v) is 6.07. The molecule has 1 aliphatic rings. The number of sulfonamides is 1. The van der Waals surface area contributed by atoms with Gasteiger partial charge in [-0.2, -0.15) is 9.29 Å². The Morgan fingerprint density at radius 3 is 2.90 bits per heavy atom. The number of piperidine rings is 1. The summed E-state index contributed by atoms with van der Waals surface area (Å²) in [6.07, 6.45) is 1.22. The van der Waals surface area contributed by atoms with Gasteiger partial charge in [0.05, 0.1) is 18.6 Å². The van der Waals surface area contributed by atoms with Crippen LogP contribution in [0.1, 0.15) is 12.8 Å². The number of amides is 1. The summed E-state index contributed by atoms with van der Waals surface area (Å²) in [4.78, 5) is 17.1. The van der Waals surface area contributed by atoms with Gasteiger partial charge < -0.3 is 4.74 Å². The Bertz CT molecular complexity index is 1130. The molecule has 4 rings (SSSR count). The molecule has 1 unspecified atom stereocenters. The van der Waals surface area contributed by atoms with Gasteiger partial charge in [0.15, 0.2) is 5.82 Å². The number of anilines is 1. The first kappa shape index (κ1) is 20.5. The molecule has 1 atom stereocenters. The van der Waals surface area contributed by atoms with Crippen LogP contribution in [0, 0.1) is 5.92 Å². The van der Waals surface area contributed by atoms with E-state index < -0.39 is 15.9 Å². The summed E-state index contributed by atoms with van der Waals surface area (Å²) < 4.78 is 32.5. The van der Waals surface area contributed by atoms with E-state index in [0.29, 0.717) is 35.2 Å². The zero-order chi connectivity index (χ0) is 21.1. The number of H-pyrrole nitrogens is 1. The monoisotopic (exact) mass is 447 g/mol. The number of benzene rings is 1. The zero-order valence-corrected chi connectivity index (χ0v) is 17.9. The Morgan fingerprint density at radius 2 is 2.13 bits per heavy atom. The molecule has 1 amide bonds. The first-order valence-electron chi connectivity index (χ1n) is 9.39. The highest BCUT2D eigenvalue weighted by molar-refractivity contribution is 7.91. The Morgan fingerprint density at radius 1 is 1.30 bits per heavy atom. The van der Waals surface area contributed by atoms with E-state index in [2.05, 4.69) is 20.5 Å². The number of hydrogen-bond donors (Lipinski definition) is 2. The number of thiophene rings is 1. The Hall–Kier alpha value is -2.76. The Balaban J connectivity index is 1.45. The number of hydrogen-bond acceptors (Lipinski definition) is 7. The molecule has 3 heterocycles. The number of para-hydroxylation sites is 1. The minimum Gasteiger partial charge on any atom is -0.496 e. The predicted octanol–water partition coefficient (Wildman–Crippen LogP) is 2.58. The van der Waals surface area contributed by atoms with E-state index in [1.807, 2.05) is 18.2 Å². The number of aromatic nitrogens is 3. The van der Waals surface area contributed by atoms with E-state index >= 15 is 0 Å². The summed E-state index contributed by atoms with van der Waals surface area (Å²) >= 11 is 1.17. The second-order valence-electron chi connectivity index (χ2n) is 6.83. The van der Waals surface area contributed by atoms with Gasteiger partial charge in [-0.15, -0.1) is 16.4 Å². The number of rotatable bonds is 6. The maximum absolute atomic E-state index is 12.8. The van der Waals surface area contributed by atoms with Gasteiger partial charge in [-0.05, 0) is 36.4 Å². The average molecular weight is 448 g/mol. The Labute approximate surface area is 178 Å². The van der Waals surface area contributed by atoms with Crippen molar-refractivity contribution in [2.24, 2.45) is 5.92 Å². The highest BCUT2D eigenvalue weighted by Gasteiger charge is 2.34. The summed E-state index contributed by atoms with van der Waals surface area (Å²) in [6.45, 7) is 0.540. The van der Waals surface area contributed by atoms with Gasteiger partial charge in [0.25, 0.3) is 10.0 Å². The highest BCUT2D eigenvalue weighted by atomic mass is 32.2. The van der Waals surface area contributed by atoms with Crippen LogP contribution in [0.4, 0.5) is 5.95 Å². The van der Waals surface area contributed by atoms with E-state index in [4.69, 9.17) is 4.74 Å². The number of carbonyl (C=O) groups excluding carboxylic acids is 1. The van der Waals surface area contributed by atoms with Crippen molar-refractivity contribution in [3.63, 3.8) is 0 Å². The number of aromatic amines is 1. The molecule has 1 aromatic carbocycles. The predicted molar refractivity (Wildman–Crippen MR) is 113 cm³/mol. The normalized spacial score (nSPS) is 17.6. The number of carbonyl (C=O) groups is 1. The van der Waals surface area contributed by atoms with Crippen LogP contribution in [0.15, 0.2) is 46.0 Å². The van der Waals surface area contributed by atoms with Crippen molar-refractivity contribution in [3.05, 3.63) is 41.8 Å². The Kier molecular flexibility index (Phi) is 5.84. The maximum atomic E-state index is 12.8. The quantitative estimate of drug-likeness (QED) is 0.600. The largest absolute Gasteiger partial charge is 0.496 e. The first-order valence-corrected chi connectivity index (χ1v) is 11.7. The third-order valence-electron chi connectivity index (χ3n) is 4.93. The van der Waals surface area contributed by atoms with Crippen LogP contribution in [-0.4, -0.2) is 54.0 Å². The molecule has 1 aliphatic heterocycles. The molecule has 11 heteroatoms. The minimum atomic E-state index is -3.58. The fraction of sp³-hybridized carbons (Fsp3) is 0.316. The molecular weight excluding hydrogens is 426 g/mol. The van der Waals surface area contributed by atoms with Crippen LogP contribution in [0.25, 0.3) is 11.4 Å². The summed E-state index contributed by atoms with van der Waals surface area (Å²) in [5.41, 5.74) is 0.721. The lowest BCUT2D eigenvalue weighted by Gasteiger charge is -2.30. The molecule has 1 fully saturated rings. The van der Waals surface area contributed by atoms with Crippen molar-refractivity contribution in [3.8, 4) is 17.1 Å². The van der Waals surface area contributed by atoms with Crippen LogP contribution in [0.2, 0.25) is 0 Å². The number of nitrogens with one attached hydrogen (secondary N) is 2. The van der Waals surface area contributed by atoms with Gasteiger partial charge in [0.2, 0.25) is 11.9 Å². The van der Waals surface area contributed by atoms with Crippen LogP contribution in [-0.2, 0) is 14.8 Å². The smallest absolute Gasteiger partial charge is 0.252 e. The van der Waals surface area contributed by atoms with Gasteiger partial charge >= 0.3 is 0 Å². The lowest BCUT2D eigenvalue weighted by molar-refractivity contribution is -0.120. The third-order valence-corrected chi connectivity index (χ3v) is 8.16. The van der Waals surface area contributed by atoms with E-state index in [1.54, 1.807) is 30.7 Å². The molecule has 0 aliphatic carbocycles. The molecule has 30 heavy (non-hydrogen) atoms. The van der Waals surface area contributed by atoms with Crippen LogP contribution in [0.3, 0.4) is 0 Å². The van der Waals surface area contributed by atoms with Crippen molar-refractivity contribution in [2.45, 2.75) is 17.1 Å². The van der Waals surface area contributed by atoms with Crippen molar-refractivity contribution in [2.75, 3.05) is 25.5 Å². The van der Waals surface area contributed by atoms with Crippen molar-refractivity contribution in [1.29, 1.82) is 0 Å². The molecular formula is C19H21N5O4S2. The summed E-state index contributed by atoms with van der Waals surface area (Å²) in [5, 5.41) is 11.3. The van der Waals surface area contributed by atoms with Crippen molar-refractivity contribution < 1.29 is 17.9 Å². The van der Waals surface area contributed by atoms with Crippen molar-refractivity contribution in [1.82, 2.24) is 19.5 Å². The molecule has 3 aromatic rings. The third kappa shape index (κ3) is 4.09. The van der Waals surface area contributed by atoms with Crippen LogP contribution in [0.5, 0.6) is 5.75 Å². The van der Waals surface area contributed by atoms with Gasteiger partial charge in [-0.1, -0.05) is 18.2 Å². The van der Waals surface area contributed by atoms with Crippen molar-refractivity contribution >= 4 is 33.2 Å². The van der Waals surface area contributed by atoms with Gasteiger partial charge in [-0.25, -0.2) is 8.42 Å². The van der Waals surface area contributed by atoms with E-state index in [-0.39, 0.29) is 18.4 Å². The van der Waals surface area contributed by atoms with E-state index in [0.717, 1.165) is 5.56 Å². The molecule has 0 bridgehead atoms. The second kappa shape index (κ2) is 8.54. The number of methoxy groups -OCH3 is 1. The molecule has 9 nitrogen and oxygen atoms in total. The standard InChI is InChI=1S/C19H21N5O4S2/c1-28-15-8-3-2-7-14(15)17-20-19(23-22-17)21-18(25)13-6-4-10-24(12-13)30(26,27)16-9-5-11-29-16/h2-3,5,7-9,11,13H,4,6,10,12H2,1H3,(H2,20,21,22,23,25). The molecule has 0 radical (unpaired) electrons. The first-order chi connectivity index (χ1) is 14.5. The second-order valence-corrected chi connectivity index (χ2v) is 9.94. The van der Waals surface area contributed by atoms with Crippen LogP contribution < -0.4 is 10.1 Å². The average Bonchev–Trinajstić information content (AvgIpc) is 3.46. The minimum absolute atomic E-state index is 0.135. The maximum Gasteiger partial charge on any atom is 0.252 e. The van der Waals surface area contributed by atoms with E-state index in [9.17, 15) is 13.2 Å². The molecule has 0 saturated carbocycles. The van der Waals surface area contributed by atoms with E-state index in [1.165, 1.54) is 15.6 Å². The number of ether oxygens (including phenoxy) is 1. The zero-order valence-electron chi connectivity index (χ0n) is 16.2. The fourth-order valence-electron chi connectivity index (χ4n) is 3.40. The molecule has 2 aromatic heterocycles. The molecule has 1 saturated heterocycles. The highest BCUT2D eigenvalue weighted by Crippen LogP contribution is 2.28. The number of nitrogens with zero attached hydrogens (tertiary/aromatic N) is 3. The topological polar surface area (TPSA) is 117 Å².